The molecule has 0 saturated carbocycles. The van der Waals surface area contributed by atoms with E-state index < -0.39 is 5.41 Å². The van der Waals surface area contributed by atoms with Gasteiger partial charge < -0.3 is 10.6 Å². The van der Waals surface area contributed by atoms with Crippen LogP contribution in [0.4, 0.5) is 11.4 Å². The van der Waals surface area contributed by atoms with Gasteiger partial charge in [0, 0.05) is 28.0 Å². The molecule has 0 fully saturated rings. The molecule has 0 aliphatic heterocycles. The summed E-state index contributed by atoms with van der Waals surface area (Å²) in [6.45, 7) is 5.52. The SMILES string of the molecule is CC(C)(C)C(=O)Nc1cccc(NC(=O)c2cnn(-c3cccc(Cl)c3)c2)c1. The number of nitrogens with one attached hydrogen (secondary N) is 2. The Hall–Kier alpha value is -3.12. The van der Waals surface area contributed by atoms with Crippen molar-refractivity contribution in [3.05, 3.63) is 71.5 Å². The number of nitrogens with zero attached hydrogens (tertiary/aromatic N) is 2. The Labute approximate surface area is 168 Å². The Morgan fingerprint density at radius 2 is 1.68 bits per heavy atom. The van der Waals surface area contributed by atoms with Crippen LogP contribution in [0.3, 0.4) is 0 Å². The smallest absolute Gasteiger partial charge is 0.258 e. The van der Waals surface area contributed by atoms with Gasteiger partial charge in [0.2, 0.25) is 5.91 Å². The maximum absolute atomic E-state index is 12.5. The molecule has 0 saturated heterocycles. The molecular formula is C21H21ClN4O2. The zero-order valence-electron chi connectivity index (χ0n) is 15.9. The van der Waals surface area contributed by atoms with Gasteiger partial charge in [-0.25, -0.2) is 4.68 Å². The molecule has 7 heteroatoms. The van der Waals surface area contributed by atoms with E-state index in [-0.39, 0.29) is 11.8 Å². The third kappa shape index (κ3) is 4.78. The second-order valence-electron chi connectivity index (χ2n) is 7.39. The molecule has 2 N–H and O–H groups in total. The van der Waals surface area contributed by atoms with Crippen molar-refractivity contribution >= 4 is 34.8 Å². The highest BCUT2D eigenvalue weighted by atomic mass is 35.5. The molecule has 3 rings (SSSR count). The van der Waals surface area contributed by atoms with E-state index in [9.17, 15) is 9.59 Å². The quantitative estimate of drug-likeness (QED) is 0.667. The molecule has 0 aliphatic rings. The van der Waals surface area contributed by atoms with Gasteiger partial charge >= 0.3 is 0 Å². The zero-order chi connectivity index (χ0) is 20.3. The number of hydrogen-bond acceptors (Lipinski definition) is 3. The lowest BCUT2D eigenvalue weighted by Gasteiger charge is -2.18. The van der Waals surface area contributed by atoms with Gasteiger partial charge in [-0.1, -0.05) is 44.5 Å². The molecule has 3 aromatic rings. The molecule has 6 nitrogen and oxygen atoms in total. The summed E-state index contributed by atoms with van der Waals surface area (Å²) in [5, 5.41) is 10.5. The molecule has 144 valence electrons. The lowest BCUT2D eigenvalue weighted by molar-refractivity contribution is -0.123. The van der Waals surface area contributed by atoms with Gasteiger partial charge in [0.25, 0.3) is 5.91 Å². The van der Waals surface area contributed by atoms with Gasteiger partial charge in [-0.3, -0.25) is 9.59 Å². The summed E-state index contributed by atoms with van der Waals surface area (Å²) in [4.78, 5) is 24.7. The predicted molar refractivity (Wildman–Crippen MR) is 111 cm³/mol. The van der Waals surface area contributed by atoms with Crippen LogP contribution in [0.15, 0.2) is 60.9 Å². The topological polar surface area (TPSA) is 76.0 Å². The van der Waals surface area contributed by atoms with Crippen LogP contribution in [0, 0.1) is 5.41 Å². The van der Waals surface area contributed by atoms with Crippen LogP contribution in [0.5, 0.6) is 0 Å². The molecule has 2 aromatic carbocycles. The monoisotopic (exact) mass is 396 g/mol. The van der Waals surface area contributed by atoms with Crippen LogP contribution in [-0.4, -0.2) is 21.6 Å². The summed E-state index contributed by atoms with van der Waals surface area (Å²) in [5.41, 5.74) is 1.86. The molecule has 0 unspecified atom stereocenters. The van der Waals surface area contributed by atoms with E-state index in [1.54, 1.807) is 47.3 Å². The fourth-order valence-electron chi connectivity index (χ4n) is 2.40. The first kappa shape index (κ1) is 19.6. The Morgan fingerprint density at radius 1 is 1.00 bits per heavy atom. The van der Waals surface area contributed by atoms with Crippen LogP contribution in [-0.2, 0) is 4.79 Å². The second kappa shape index (κ2) is 7.86. The Bertz CT molecular complexity index is 1020. The summed E-state index contributed by atoms with van der Waals surface area (Å²) < 4.78 is 1.58. The van der Waals surface area contributed by atoms with Gasteiger partial charge in [0.05, 0.1) is 17.4 Å². The minimum atomic E-state index is -0.506. The highest BCUT2D eigenvalue weighted by molar-refractivity contribution is 6.30. The molecule has 0 atom stereocenters. The van der Waals surface area contributed by atoms with E-state index in [1.807, 2.05) is 32.9 Å². The average molecular weight is 397 g/mol. The molecule has 28 heavy (non-hydrogen) atoms. The molecule has 0 spiro atoms. The number of benzene rings is 2. The summed E-state index contributed by atoms with van der Waals surface area (Å²) in [6, 6.07) is 14.2. The number of carbonyl (C=O) groups excluding carboxylic acids is 2. The Kier molecular flexibility index (Phi) is 5.51. The normalized spacial score (nSPS) is 11.1. The largest absolute Gasteiger partial charge is 0.326 e. The number of aromatic nitrogens is 2. The summed E-state index contributed by atoms with van der Waals surface area (Å²) in [6.07, 6.45) is 3.12. The van der Waals surface area contributed by atoms with E-state index in [4.69, 9.17) is 11.6 Å². The Morgan fingerprint density at radius 3 is 2.36 bits per heavy atom. The van der Waals surface area contributed by atoms with Gasteiger partial charge in [0.15, 0.2) is 0 Å². The highest BCUT2D eigenvalue weighted by Crippen LogP contribution is 2.21. The van der Waals surface area contributed by atoms with Crippen molar-refractivity contribution in [3.63, 3.8) is 0 Å². The lowest BCUT2D eigenvalue weighted by Crippen LogP contribution is -2.27. The van der Waals surface area contributed by atoms with E-state index >= 15 is 0 Å². The standard InChI is InChI=1S/C21H21ClN4O2/c1-21(2,3)20(28)25-17-8-5-7-16(11-17)24-19(27)14-12-23-26(13-14)18-9-4-6-15(22)10-18/h4-13H,1-3H3,(H,24,27)(H,25,28). The fraction of sp³-hybridized carbons (Fsp3) is 0.190. The summed E-state index contributed by atoms with van der Waals surface area (Å²) in [7, 11) is 0. The maximum Gasteiger partial charge on any atom is 0.258 e. The van der Waals surface area contributed by atoms with Crippen LogP contribution in [0.1, 0.15) is 31.1 Å². The van der Waals surface area contributed by atoms with Gasteiger partial charge in [-0.05, 0) is 36.4 Å². The van der Waals surface area contributed by atoms with Gasteiger partial charge in [0.1, 0.15) is 0 Å². The van der Waals surface area contributed by atoms with Crippen LogP contribution in [0.25, 0.3) is 5.69 Å². The van der Waals surface area contributed by atoms with Crippen molar-refractivity contribution in [2.75, 3.05) is 10.6 Å². The minimum absolute atomic E-state index is 0.0984. The number of carbonyl (C=O) groups is 2. The highest BCUT2D eigenvalue weighted by Gasteiger charge is 2.21. The van der Waals surface area contributed by atoms with Crippen molar-refractivity contribution in [3.8, 4) is 5.69 Å². The number of anilines is 2. The molecule has 1 heterocycles. The van der Waals surface area contributed by atoms with Crippen molar-refractivity contribution in [2.45, 2.75) is 20.8 Å². The van der Waals surface area contributed by atoms with Crippen LogP contribution < -0.4 is 10.6 Å². The van der Waals surface area contributed by atoms with E-state index in [2.05, 4.69) is 15.7 Å². The van der Waals surface area contributed by atoms with Crippen LogP contribution >= 0.6 is 11.6 Å². The first-order chi connectivity index (χ1) is 13.2. The molecule has 0 bridgehead atoms. The number of amides is 2. The molecule has 2 amide bonds. The molecule has 0 aliphatic carbocycles. The fourth-order valence-corrected chi connectivity index (χ4v) is 2.58. The third-order valence-corrected chi connectivity index (χ3v) is 4.21. The number of hydrogen-bond donors (Lipinski definition) is 2. The van der Waals surface area contributed by atoms with Gasteiger partial charge in [-0.15, -0.1) is 0 Å². The maximum atomic E-state index is 12.5. The van der Waals surface area contributed by atoms with Crippen molar-refractivity contribution in [1.29, 1.82) is 0 Å². The number of halogens is 1. The van der Waals surface area contributed by atoms with E-state index in [0.717, 1.165) is 5.69 Å². The second-order valence-corrected chi connectivity index (χ2v) is 7.83. The summed E-state index contributed by atoms with van der Waals surface area (Å²) in [5.74, 6) is -0.397. The first-order valence-electron chi connectivity index (χ1n) is 8.76. The van der Waals surface area contributed by atoms with Gasteiger partial charge in [-0.2, -0.15) is 5.10 Å². The first-order valence-corrected chi connectivity index (χ1v) is 9.14. The van der Waals surface area contributed by atoms with Crippen molar-refractivity contribution < 1.29 is 9.59 Å². The average Bonchev–Trinajstić information content (AvgIpc) is 3.11. The van der Waals surface area contributed by atoms with E-state index in [0.29, 0.717) is 22.0 Å². The zero-order valence-corrected chi connectivity index (χ0v) is 16.6. The predicted octanol–water partition coefficient (Wildman–Crippen LogP) is 4.76. The van der Waals surface area contributed by atoms with Crippen molar-refractivity contribution in [2.24, 2.45) is 5.41 Å². The molecular weight excluding hydrogens is 376 g/mol. The van der Waals surface area contributed by atoms with Crippen LogP contribution in [0.2, 0.25) is 5.02 Å². The third-order valence-electron chi connectivity index (χ3n) is 3.98. The summed E-state index contributed by atoms with van der Waals surface area (Å²) >= 11 is 6.00. The van der Waals surface area contributed by atoms with E-state index in [1.165, 1.54) is 6.20 Å². The lowest BCUT2D eigenvalue weighted by atomic mass is 9.95. The number of rotatable bonds is 4. The molecule has 0 radical (unpaired) electrons. The molecule has 1 aromatic heterocycles. The minimum Gasteiger partial charge on any atom is -0.326 e. The Balaban J connectivity index is 1.72. The van der Waals surface area contributed by atoms with Crippen molar-refractivity contribution in [1.82, 2.24) is 9.78 Å².